The van der Waals surface area contributed by atoms with E-state index in [1.165, 1.54) is 11.0 Å². The summed E-state index contributed by atoms with van der Waals surface area (Å²) >= 11 is 0. The Hall–Kier alpha value is -1.58. The third-order valence-electron chi connectivity index (χ3n) is 2.94. The molecule has 0 bridgehead atoms. The SMILES string of the molecule is CCNC(=NCC(=O)N(C)C)NCC(C)Oc1ccccc1F.I. The Morgan fingerprint density at radius 1 is 1.33 bits per heavy atom. The Morgan fingerprint density at radius 3 is 2.58 bits per heavy atom. The predicted octanol–water partition coefficient (Wildman–Crippen LogP) is 1.85. The molecule has 0 aliphatic rings. The maximum atomic E-state index is 13.5. The van der Waals surface area contributed by atoms with E-state index in [4.69, 9.17) is 4.74 Å². The maximum absolute atomic E-state index is 13.5. The van der Waals surface area contributed by atoms with Crippen LogP contribution in [0.25, 0.3) is 0 Å². The number of amides is 1. The highest BCUT2D eigenvalue weighted by Crippen LogP contribution is 2.16. The maximum Gasteiger partial charge on any atom is 0.243 e. The zero-order chi connectivity index (χ0) is 17.2. The second kappa shape index (κ2) is 11.9. The molecular weight excluding hydrogens is 426 g/mol. The topological polar surface area (TPSA) is 66.0 Å². The molecular formula is C16H26FIN4O2. The van der Waals surface area contributed by atoms with Crippen molar-refractivity contribution in [3.05, 3.63) is 30.1 Å². The van der Waals surface area contributed by atoms with Crippen molar-refractivity contribution < 1.29 is 13.9 Å². The molecule has 0 aliphatic carbocycles. The van der Waals surface area contributed by atoms with Crippen LogP contribution in [0.3, 0.4) is 0 Å². The Kier molecular flexibility index (Phi) is 11.1. The molecule has 1 rings (SSSR count). The van der Waals surface area contributed by atoms with E-state index in [-0.39, 0.29) is 48.3 Å². The fraction of sp³-hybridized carbons (Fsp3) is 0.500. The standard InChI is InChI=1S/C16H25FN4O2.HI/c1-5-18-16(20-11-15(22)21(3)4)19-10-12(2)23-14-9-7-6-8-13(14)17;/h6-9,12H,5,10-11H2,1-4H3,(H2,18,19,20);1H. The second-order valence-electron chi connectivity index (χ2n) is 5.22. The molecule has 0 saturated heterocycles. The van der Waals surface area contributed by atoms with E-state index in [1.807, 2.05) is 13.8 Å². The molecule has 0 saturated carbocycles. The minimum absolute atomic E-state index is 0. The average Bonchev–Trinajstić information content (AvgIpc) is 2.51. The van der Waals surface area contributed by atoms with Crippen molar-refractivity contribution >= 4 is 35.8 Å². The van der Waals surface area contributed by atoms with Gasteiger partial charge in [0.25, 0.3) is 0 Å². The molecule has 0 spiro atoms. The third kappa shape index (κ3) is 8.32. The molecule has 136 valence electrons. The second-order valence-corrected chi connectivity index (χ2v) is 5.22. The normalized spacial score (nSPS) is 12.0. The molecule has 0 heterocycles. The van der Waals surface area contributed by atoms with Gasteiger partial charge in [0.15, 0.2) is 17.5 Å². The Bertz CT molecular complexity index is 541. The van der Waals surface area contributed by atoms with E-state index in [1.54, 1.807) is 32.3 Å². The highest BCUT2D eigenvalue weighted by atomic mass is 127. The van der Waals surface area contributed by atoms with Crippen LogP contribution in [0.15, 0.2) is 29.3 Å². The van der Waals surface area contributed by atoms with Gasteiger partial charge in [-0.15, -0.1) is 24.0 Å². The van der Waals surface area contributed by atoms with Gasteiger partial charge in [0.2, 0.25) is 5.91 Å². The lowest BCUT2D eigenvalue weighted by Crippen LogP contribution is -2.42. The average molecular weight is 452 g/mol. The number of nitrogens with one attached hydrogen (secondary N) is 2. The zero-order valence-electron chi connectivity index (χ0n) is 14.5. The smallest absolute Gasteiger partial charge is 0.243 e. The van der Waals surface area contributed by atoms with Crippen LogP contribution in [0.1, 0.15) is 13.8 Å². The summed E-state index contributed by atoms with van der Waals surface area (Å²) in [7, 11) is 3.37. The minimum atomic E-state index is -0.392. The number of aliphatic imine (C=N–C) groups is 1. The summed E-state index contributed by atoms with van der Waals surface area (Å²) in [5.74, 6) is 0.257. The van der Waals surface area contributed by atoms with Crippen molar-refractivity contribution in [2.45, 2.75) is 20.0 Å². The van der Waals surface area contributed by atoms with Crippen LogP contribution < -0.4 is 15.4 Å². The minimum Gasteiger partial charge on any atom is -0.486 e. The molecule has 0 radical (unpaired) electrons. The summed E-state index contributed by atoms with van der Waals surface area (Å²) in [6.45, 7) is 4.92. The van der Waals surface area contributed by atoms with Gasteiger partial charge < -0.3 is 20.3 Å². The molecule has 0 aliphatic heterocycles. The van der Waals surface area contributed by atoms with Crippen LogP contribution in [0.2, 0.25) is 0 Å². The molecule has 1 atom stereocenters. The monoisotopic (exact) mass is 452 g/mol. The number of nitrogens with zero attached hydrogens (tertiary/aromatic N) is 2. The number of para-hydroxylation sites is 1. The number of hydrogen-bond acceptors (Lipinski definition) is 3. The molecule has 1 aromatic rings. The van der Waals surface area contributed by atoms with Crippen LogP contribution in [0.4, 0.5) is 4.39 Å². The Balaban J connectivity index is 0.00000529. The largest absolute Gasteiger partial charge is 0.486 e. The van der Waals surface area contributed by atoms with Crippen molar-refractivity contribution in [3.8, 4) is 5.75 Å². The predicted molar refractivity (Wildman–Crippen MR) is 105 cm³/mol. The van der Waals surface area contributed by atoms with E-state index >= 15 is 0 Å². The van der Waals surface area contributed by atoms with Gasteiger partial charge in [-0.2, -0.15) is 0 Å². The number of carbonyl (C=O) groups is 1. The number of ether oxygens (including phenoxy) is 1. The first-order valence-electron chi connectivity index (χ1n) is 7.57. The van der Waals surface area contributed by atoms with Crippen LogP contribution in [0.5, 0.6) is 5.75 Å². The number of carbonyl (C=O) groups excluding carboxylic acids is 1. The number of benzene rings is 1. The fourth-order valence-electron chi connectivity index (χ4n) is 1.67. The Morgan fingerprint density at radius 2 is 2.00 bits per heavy atom. The van der Waals surface area contributed by atoms with Crippen LogP contribution in [0, 0.1) is 5.82 Å². The van der Waals surface area contributed by atoms with E-state index < -0.39 is 5.82 Å². The first-order chi connectivity index (χ1) is 10.9. The summed E-state index contributed by atoms with van der Waals surface area (Å²) in [5, 5.41) is 6.12. The number of guanidine groups is 1. The molecule has 2 N–H and O–H groups in total. The van der Waals surface area contributed by atoms with Crippen molar-refractivity contribution in [1.29, 1.82) is 0 Å². The lowest BCUT2D eigenvalue weighted by Gasteiger charge is -2.18. The van der Waals surface area contributed by atoms with Gasteiger partial charge in [-0.3, -0.25) is 4.79 Å². The van der Waals surface area contributed by atoms with Gasteiger partial charge in [-0.1, -0.05) is 12.1 Å². The van der Waals surface area contributed by atoms with Gasteiger partial charge >= 0.3 is 0 Å². The van der Waals surface area contributed by atoms with E-state index in [9.17, 15) is 9.18 Å². The highest BCUT2D eigenvalue weighted by molar-refractivity contribution is 14.0. The molecule has 0 fully saturated rings. The Labute approximate surface area is 159 Å². The molecule has 8 heteroatoms. The summed E-state index contributed by atoms with van der Waals surface area (Å²) in [6, 6.07) is 6.27. The van der Waals surface area contributed by atoms with Gasteiger partial charge in [0.05, 0.1) is 6.54 Å². The van der Waals surface area contributed by atoms with Gasteiger partial charge in [-0.05, 0) is 26.0 Å². The number of hydrogen-bond donors (Lipinski definition) is 2. The van der Waals surface area contributed by atoms with Crippen molar-refractivity contribution in [2.75, 3.05) is 33.7 Å². The first-order valence-corrected chi connectivity index (χ1v) is 7.57. The zero-order valence-corrected chi connectivity index (χ0v) is 16.8. The summed E-state index contributed by atoms with van der Waals surface area (Å²) in [6.07, 6.45) is -0.264. The van der Waals surface area contributed by atoms with Gasteiger partial charge in [-0.25, -0.2) is 9.38 Å². The molecule has 1 aromatic carbocycles. The van der Waals surface area contributed by atoms with Crippen molar-refractivity contribution in [3.63, 3.8) is 0 Å². The highest BCUT2D eigenvalue weighted by Gasteiger charge is 2.09. The van der Waals surface area contributed by atoms with Gasteiger partial charge in [0.1, 0.15) is 12.6 Å². The number of halogens is 2. The summed E-state index contributed by atoms with van der Waals surface area (Å²) < 4.78 is 19.1. The van der Waals surface area contributed by atoms with Gasteiger partial charge in [0, 0.05) is 20.6 Å². The first kappa shape index (κ1) is 22.4. The quantitative estimate of drug-likeness (QED) is 0.377. The summed E-state index contributed by atoms with van der Waals surface area (Å²) in [4.78, 5) is 17.3. The molecule has 24 heavy (non-hydrogen) atoms. The molecule has 1 unspecified atom stereocenters. The lowest BCUT2D eigenvalue weighted by molar-refractivity contribution is -0.127. The summed E-state index contributed by atoms with van der Waals surface area (Å²) in [5.41, 5.74) is 0. The van der Waals surface area contributed by atoms with Crippen LogP contribution >= 0.6 is 24.0 Å². The van der Waals surface area contributed by atoms with Crippen molar-refractivity contribution in [1.82, 2.24) is 15.5 Å². The van der Waals surface area contributed by atoms with E-state index in [0.29, 0.717) is 19.0 Å². The van der Waals surface area contributed by atoms with Crippen LogP contribution in [-0.4, -0.2) is 56.6 Å². The van der Waals surface area contributed by atoms with Crippen molar-refractivity contribution in [2.24, 2.45) is 4.99 Å². The van der Waals surface area contributed by atoms with Crippen LogP contribution in [-0.2, 0) is 4.79 Å². The molecule has 6 nitrogen and oxygen atoms in total. The lowest BCUT2D eigenvalue weighted by atomic mass is 10.3. The fourth-order valence-corrected chi connectivity index (χ4v) is 1.67. The number of likely N-dealkylation sites (N-methyl/N-ethyl adjacent to an activating group) is 1. The van der Waals surface area contributed by atoms with E-state index in [0.717, 1.165) is 0 Å². The number of rotatable bonds is 7. The van der Waals surface area contributed by atoms with E-state index in [2.05, 4.69) is 15.6 Å². The molecule has 0 aromatic heterocycles. The third-order valence-corrected chi connectivity index (χ3v) is 2.94. The molecule has 1 amide bonds.